The molecule has 0 saturated carbocycles. The Morgan fingerprint density at radius 3 is 2.69 bits per heavy atom. The number of hydrogen-bond donors (Lipinski definition) is 1. The molecule has 2 aromatic carbocycles. The molecule has 0 spiro atoms. The van der Waals surface area contributed by atoms with Crippen LogP contribution in [-0.2, 0) is 16.1 Å². The minimum atomic E-state index is -0.516. The summed E-state index contributed by atoms with van der Waals surface area (Å²) in [6, 6.07) is 13.0. The van der Waals surface area contributed by atoms with Gasteiger partial charge in [-0.1, -0.05) is 18.2 Å². The van der Waals surface area contributed by atoms with Crippen molar-refractivity contribution >= 4 is 23.2 Å². The van der Waals surface area contributed by atoms with E-state index in [1.807, 2.05) is 49.6 Å². The van der Waals surface area contributed by atoms with Gasteiger partial charge in [0.05, 0.1) is 12.8 Å². The van der Waals surface area contributed by atoms with Crippen LogP contribution in [-0.4, -0.2) is 30.5 Å². The number of thiazole rings is 1. The number of methoxy groups -OCH3 is 1. The molecule has 3 aromatic rings. The maximum absolute atomic E-state index is 12.2. The van der Waals surface area contributed by atoms with Gasteiger partial charge in [-0.3, -0.25) is 9.59 Å². The minimum Gasteiger partial charge on any atom is -0.497 e. The summed E-state index contributed by atoms with van der Waals surface area (Å²) in [5.41, 5.74) is 4.24. The molecule has 3 rings (SSSR count). The average molecular weight is 410 g/mol. The molecule has 0 fully saturated rings. The molecule has 0 aliphatic rings. The largest absolute Gasteiger partial charge is 0.497 e. The Morgan fingerprint density at radius 1 is 1.10 bits per heavy atom. The van der Waals surface area contributed by atoms with Crippen molar-refractivity contribution in [3.63, 3.8) is 0 Å². The number of amides is 1. The lowest BCUT2D eigenvalue weighted by molar-refractivity contribution is -0.143. The first kappa shape index (κ1) is 20.5. The van der Waals surface area contributed by atoms with Crippen LogP contribution in [0.25, 0.3) is 10.6 Å². The van der Waals surface area contributed by atoms with E-state index in [9.17, 15) is 9.59 Å². The van der Waals surface area contributed by atoms with Gasteiger partial charge in [0.15, 0.2) is 0 Å². The van der Waals surface area contributed by atoms with Gasteiger partial charge in [0.2, 0.25) is 0 Å². The lowest BCUT2D eigenvalue weighted by atomic mass is 10.1. The Bertz CT molecular complexity index is 1030. The van der Waals surface area contributed by atoms with E-state index in [0.717, 1.165) is 27.4 Å². The van der Waals surface area contributed by atoms with Gasteiger partial charge in [0.25, 0.3) is 5.91 Å². The summed E-state index contributed by atoms with van der Waals surface area (Å²) in [6.45, 7) is 3.78. The number of esters is 1. The smallest absolute Gasteiger partial charge is 0.325 e. The Kier molecular flexibility index (Phi) is 6.61. The highest BCUT2D eigenvalue weighted by atomic mass is 32.1. The van der Waals surface area contributed by atoms with Crippen LogP contribution in [0.1, 0.15) is 27.2 Å². The first-order valence-corrected chi connectivity index (χ1v) is 9.94. The zero-order chi connectivity index (χ0) is 20.8. The van der Waals surface area contributed by atoms with Crippen molar-refractivity contribution in [2.24, 2.45) is 0 Å². The van der Waals surface area contributed by atoms with Gasteiger partial charge in [-0.15, -0.1) is 11.3 Å². The fraction of sp³-hybridized carbons (Fsp3) is 0.227. The summed E-state index contributed by atoms with van der Waals surface area (Å²) in [7, 11) is 1.62. The first-order valence-electron chi connectivity index (χ1n) is 9.06. The summed E-state index contributed by atoms with van der Waals surface area (Å²) < 4.78 is 10.4. The van der Waals surface area contributed by atoms with Crippen LogP contribution in [0.2, 0.25) is 0 Å². The third-order valence-corrected chi connectivity index (χ3v) is 5.35. The standard InChI is InChI=1S/C22H22N2O4S/c1-14-7-8-16(9-15(14)2)21(26)23-11-20(25)28-12-18-13-29-22(24-18)17-5-4-6-19(10-17)27-3/h4-10,13H,11-12H2,1-3H3,(H,23,26). The zero-order valence-electron chi connectivity index (χ0n) is 16.5. The lowest BCUT2D eigenvalue weighted by Crippen LogP contribution is -2.30. The average Bonchev–Trinajstić information content (AvgIpc) is 3.21. The van der Waals surface area contributed by atoms with Gasteiger partial charge in [0, 0.05) is 16.5 Å². The molecule has 0 aliphatic carbocycles. The second kappa shape index (κ2) is 9.34. The highest BCUT2D eigenvalue weighted by molar-refractivity contribution is 7.13. The summed E-state index contributed by atoms with van der Waals surface area (Å²) >= 11 is 1.46. The summed E-state index contributed by atoms with van der Waals surface area (Å²) in [5.74, 6) is -0.0673. The van der Waals surface area contributed by atoms with E-state index in [4.69, 9.17) is 9.47 Å². The van der Waals surface area contributed by atoms with Crippen LogP contribution in [0.5, 0.6) is 5.75 Å². The molecule has 0 radical (unpaired) electrons. The molecule has 150 valence electrons. The number of rotatable bonds is 7. The first-order chi connectivity index (χ1) is 14.0. The van der Waals surface area contributed by atoms with E-state index in [1.165, 1.54) is 11.3 Å². The summed E-state index contributed by atoms with van der Waals surface area (Å²) in [5, 5.41) is 5.24. The number of hydrogen-bond acceptors (Lipinski definition) is 6. The number of ether oxygens (including phenoxy) is 2. The third kappa shape index (κ3) is 5.42. The Balaban J connectivity index is 1.50. The van der Waals surface area contributed by atoms with Gasteiger partial charge >= 0.3 is 5.97 Å². The van der Waals surface area contributed by atoms with Crippen molar-refractivity contribution in [1.29, 1.82) is 0 Å². The zero-order valence-corrected chi connectivity index (χ0v) is 17.3. The molecular weight excluding hydrogens is 388 g/mol. The Morgan fingerprint density at radius 2 is 1.93 bits per heavy atom. The molecule has 0 bridgehead atoms. The van der Waals surface area contributed by atoms with Crippen LogP contribution in [0.4, 0.5) is 0 Å². The Hall–Kier alpha value is -3.19. The van der Waals surface area contributed by atoms with Crippen LogP contribution in [0, 0.1) is 13.8 Å². The molecule has 0 unspecified atom stereocenters. The summed E-state index contributed by atoms with van der Waals surface area (Å²) in [4.78, 5) is 28.6. The van der Waals surface area contributed by atoms with Crippen LogP contribution < -0.4 is 10.1 Å². The van der Waals surface area contributed by atoms with Gasteiger partial charge in [-0.25, -0.2) is 4.98 Å². The van der Waals surface area contributed by atoms with Gasteiger partial charge in [-0.2, -0.15) is 0 Å². The second-order valence-electron chi connectivity index (χ2n) is 6.52. The molecule has 1 amide bonds. The highest BCUT2D eigenvalue weighted by Crippen LogP contribution is 2.27. The second-order valence-corrected chi connectivity index (χ2v) is 7.38. The lowest BCUT2D eigenvalue weighted by Gasteiger charge is -2.07. The predicted octanol–water partition coefficient (Wildman–Crippen LogP) is 3.91. The van der Waals surface area contributed by atoms with E-state index < -0.39 is 5.97 Å². The number of carbonyl (C=O) groups excluding carboxylic acids is 2. The van der Waals surface area contributed by atoms with Crippen molar-refractivity contribution in [3.05, 3.63) is 70.2 Å². The van der Waals surface area contributed by atoms with E-state index in [2.05, 4.69) is 10.3 Å². The fourth-order valence-corrected chi connectivity index (χ4v) is 3.41. The quantitative estimate of drug-likeness (QED) is 0.598. The van der Waals surface area contributed by atoms with E-state index in [-0.39, 0.29) is 19.1 Å². The van der Waals surface area contributed by atoms with Crippen molar-refractivity contribution in [1.82, 2.24) is 10.3 Å². The molecule has 1 heterocycles. The van der Waals surface area contributed by atoms with Crippen molar-refractivity contribution in [2.45, 2.75) is 20.5 Å². The number of aromatic nitrogens is 1. The van der Waals surface area contributed by atoms with Crippen LogP contribution in [0.15, 0.2) is 47.8 Å². The number of nitrogens with one attached hydrogen (secondary N) is 1. The van der Waals surface area contributed by atoms with E-state index in [0.29, 0.717) is 11.3 Å². The van der Waals surface area contributed by atoms with Gasteiger partial charge < -0.3 is 14.8 Å². The molecular formula is C22H22N2O4S. The van der Waals surface area contributed by atoms with Crippen LogP contribution in [0.3, 0.4) is 0 Å². The van der Waals surface area contributed by atoms with Crippen molar-refractivity contribution < 1.29 is 19.1 Å². The molecule has 29 heavy (non-hydrogen) atoms. The van der Waals surface area contributed by atoms with Gasteiger partial charge in [-0.05, 0) is 49.2 Å². The molecule has 0 atom stereocenters. The maximum atomic E-state index is 12.2. The summed E-state index contributed by atoms with van der Waals surface area (Å²) in [6.07, 6.45) is 0. The van der Waals surface area contributed by atoms with Gasteiger partial charge in [0.1, 0.15) is 23.9 Å². The monoisotopic (exact) mass is 410 g/mol. The number of carbonyl (C=O) groups is 2. The van der Waals surface area contributed by atoms with Crippen LogP contribution >= 0.6 is 11.3 Å². The molecule has 6 nitrogen and oxygen atoms in total. The molecule has 1 N–H and O–H groups in total. The molecule has 0 saturated heterocycles. The Labute approximate surface area is 173 Å². The normalized spacial score (nSPS) is 10.4. The highest BCUT2D eigenvalue weighted by Gasteiger charge is 2.11. The fourth-order valence-electron chi connectivity index (χ4n) is 2.60. The third-order valence-electron chi connectivity index (χ3n) is 4.41. The maximum Gasteiger partial charge on any atom is 0.325 e. The SMILES string of the molecule is COc1cccc(-c2nc(COC(=O)CNC(=O)c3ccc(C)c(C)c3)cs2)c1. The van der Waals surface area contributed by atoms with E-state index >= 15 is 0 Å². The topological polar surface area (TPSA) is 77.5 Å². The molecule has 0 aliphatic heterocycles. The minimum absolute atomic E-state index is 0.0544. The molecule has 1 aromatic heterocycles. The van der Waals surface area contributed by atoms with Crippen molar-refractivity contribution in [2.75, 3.05) is 13.7 Å². The predicted molar refractivity (Wildman–Crippen MR) is 112 cm³/mol. The van der Waals surface area contributed by atoms with E-state index in [1.54, 1.807) is 19.2 Å². The molecule has 7 heteroatoms. The van der Waals surface area contributed by atoms with Crippen molar-refractivity contribution in [3.8, 4) is 16.3 Å². The number of nitrogens with zero attached hydrogens (tertiary/aromatic N) is 1. The number of aryl methyl sites for hydroxylation is 2. The number of benzene rings is 2.